The predicted octanol–water partition coefficient (Wildman–Crippen LogP) is 5.22. The van der Waals surface area contributed by atoms with E-state index in [0.29, 0.717) is 16.0 Å². The summed E-state index contributed by atoms with van der Waals surface area (Å²) in [7, 11) is -1.21. The van der Waals surface area contributed by atoms with Gasteiger partial charge < -0.3 is 23.7 Å². The molecule has 0 amide bonds. The van der Waals surface area contributed by atoms with Gasteiger partial charge in [0, 0.05) is 22.8 Å². The number of nitrogens with zero attached hydrogens (tertiary/aromatic N) is 2. The molecule has 4 rings (SSSR count). The van der Waals surface area contributed by atoms with Crippen molar-refractivity contribution < 1.29 is 55.6 Å². The topological polar surface area (TPSA) is 125 Å². The van der Waals surface area contributed by atoms with E-state index in [2.05, 4.69) is 4.74 Å². The number of halogens is 4. The van der Waals surface area contributed by atoms with Crippen molar-refractivity contribution in [3.05, 3.63) is 70.0 Å². The van der Waals surface area contributed by atoms with E-state index < -0.39 is 35.3 Å². The minimum Gasteiger partial charge on any atom is -0.493 e. The number of aromatic nitrogens is 1. The minimum atomic E-state index is -4.01. The molecule has 244 valence electrons. The molecule has 1 atom stereocenters. The van der Waals surface area contributed by atoms with Gasteiger partial charge in [0.25, 0.3) is 0 Å². The first kappa shape index (κ1) is 34.1. The second kappa shape index (κ2) is 14.6. The molecule has 0 unspecified atom stereocenters. The van der Waals surface area contributed by atoms with E-state index in [4.69, 9.17) is 42.1 Å². The first-order valence-electron chi connectivity index (χ1n) is 13.5. The van der Waals surface area contributed by atoms with E-state index in [9.17, 15) is 27.2 Å². The molecule has 0 bridgehead atoms. The highest BCUT2D eigenvalue weighted by Crippen LogP contribution is 2.38. The number of carbonyl (C=O) groups is 1. The third-order valence-corrected chi connectivity index (χ3v) is 8.58. The summed E-state index contributed by atoms with van der Waals surface area (Å²) < 4.78 is 80.0. The van der Waals surface area contributed by atoms with Crippen molar-refractivity contribution in [1.29, 1.82) is 0 Å². The Morgan fingerprint density at radius 3 is 2.24 bits per heavy atom. The summed E-state index contributed by atoms with van der Waals surface area (Å²) in [6.07, 6.45) is 3.85. The Bertz CT molecular complexity index is 1620. The van der Waals surface area contributed by atoms with Crippen LogP contribution in [0.2, 0.25) is 10.0 Å². The van der Waals surface area contributed by atoms with Crippen LogP contribution in [0.3, 0.4) is 0 Å². The first-order valence-corrected chi connectivity index (χ1v) is 16.1. The second-order valence-corrected chi connectivity index (χ2v) is 12.9. The Balaban J connectivity index is 1.69. The standard InChI is InChI=1S/C29H31Cl2F2N2O9S/c1-40-23-9-7-19(11-26(23)41-2)35(45(3,38)39)15-28(36)43-25(12-20-21(30)13-34(37)14-22(20)31)18-6-8-24(44-29(32)33)27(10-18)42-16-17-4-5-17/h6-11,13-14,17,25,29,37H,4-5,12,15-16H2,1-3H3/q+1/t25-/m0/s1. The van der Waals surface area contributed by atoms with Gasteiger partial charge in [-0.2, -0.15) is 8.78 Å². The molecule has 0 spiro atoms. The van der Waals surface area contributed by atoms with Crippen LogP contribution in [0.4, 0.5) is 14.5 Å². The molecular weight excluding hydrogens is 661 g/mol. The third kappa shape index (κ3) is 9.14. The number of pyridine rings is 1. The maximum Gasteiger partial charge on any atom is 0.387 e. The van der Waals surface area contributed by atoms with Crippen molar-refractivity contribution in [3.8, 4) is 23.0 Å². The van der Waals surface area contributed by atoms with E-state index in [1.54, 1.807) is 0 Å². The highest BCUT2D eigenvalue weighted by molar-refractivity contribution is 7.92. The van der Waals surface area contributed by atoms with Gasteiger partial charge >= 0.3 is 12.6 Å². The third-order valence-electron chi connectivity index (χ3n) is 6.79. The van der Waals surface area contributed by atoms with Crippen molar-refractivity contribution >= 4 is 44.9 Å². The Labute approximate surface area is 268 Å². The molecule has 3 aromatic rings. The SMILES string of the molecule is COc1ccc(N(CC(=O)O[C@@H](Cc2c(Cl)c[n+](O)cc2Cl)c2ccc(OC(F)F)c(OCC3CC3)c2)S(C)(=O)=O)cc1OC. The Hall–Kier alpha value is -3.75. The van der Waals surface area contributed by atoms with Gasteiger partial charge in [-0.1, -0.05) is 29.3 Å². The predicted molar refractivity (Wildman–Crippen MR) is 159 cm³/mol. The van der Waals surface area contributed by atoms with Crippen LogP contribution in [0.1, 0.15) is 30.1 Å². The van der Waals surface area contributed by atoms with Crippen molar-refractivity contribution in [1.82, 2.24) is 0 Å². The van der Waals surface area contributed by atoms with E-state index >= 15 is 0 Å². The van der Waals surface area contributed by atoms with Crippen LogP contribution in [0.5, 0.6) is 23.0 Å². The number of hydrogen-bond acceptors (Lipinski definition) is 9. The number of methoxy groups -OCH3 is 2. The van der Waals surface area contributed by atoms with E-state index in [0.717, 1.165) is 23.4 Å². The molecule has 1 aliphatic carbocycles. The monoisotopic (exact) mass is 691 g/mol. The van der Waals surface area contributed by atoms with Crippen molar-refractivity contribution in [3.63, 3.8) is 0 Å². The number of rotatable bonds is 15. The van der Waals surface area contributed by atoms with Crippen LogP contribution in [0.15, 0.2) is 48.8 Å². The quantitative estimate of drug-likeness (QED) is 0.130. The zero-order valence-electron chi connectivity index (χ0n) is 24.4. The molecule has 16 heteroatoms. The summed E-state index contributed by atoms with van der Waals surface area (Å²) in [6, 6.07) is 8.37. The van der Waals surface area contributed by atoms with Crippen LogP contribution in [0, 0.1) is 5.92 Å². The smallest absolute Gasteiger partial charge is 0.387 e. The zero-order valence-corrected chi connectivity index (χ0v) is 26.7. The molecular formula is C29H31Cl2F2N2O9S+. The lowest BCUT2D eigenvalue weighted by molar-refractivity contribution is -0.904. The van der Waals surface area contributed by atoms with Gasteiger partial charge in [0.15, 0.2) is 23.0 Å². The van der Waals surface area contributed by atoms with Crippen molar-refractivity contribution in [2.24, 2.45) is 5.92 Å². The molecule has 1 heterocycles. The second-order valence-electron chi connectivity index (χ2n) is 10.1. The van der Waals surface area contributed by atoms with Gasteiger partial charge in [0.1, 0.15) is 22.7 Å². The van der Waals surface area contributed by atoms with E-state index in [-0.39, 0.29) is 57.5 Å². The lowest BCUT2D eigenvalue weighted by atomic mass is 10.0. The first-order chi connectivity index (χ1) is 21.3. The number of carbonyl (C=O) groups excluding carboxylic acids is 1. The van der Waals surface area contributed by atoms with E-state index in [1.807, 2.05) is 0 Å². The molecule has 1 saturated carbocycles. The van der Waals surface area contributed by atoms with Crippen LogP contribution >= 0.6 is 23.2 Å². The van der Waals surface area contributed by atoms with Gasteiger partial charge in [-0.05, 0) is 48.6 Å². The molecule has 1 aliphatic rings. The van der Waals surface area contributed by atoms with Crippen LogP contribution < -0.4 is 28.0 Å². The van der Waals surface area contributed by atoms with Crippen LogP contribution in [-0.2, 0) is 26.0 Å². The summed E-state index contributed by atoms with van der Waals surface area (Å²) in [5, 5.41) is 9.89. The fourth-order valence-electron chi connectivity index (χ4n) is 4.36. The summed E-state index contributed by atoms with van der Waals surface area (Å²) in [6.45, 7) is -3.58. The number of anilines is 1. The number of hydrogen-bond donors (Lipinski definition) is 1. The normalized spacial score (nSPS) is 13.7. The van der Waals surface area contributed by atoms with Crippen LogP contribution in [0.25, 0.3) is 0 Å². The van der Waals surface area contributed by atoms with Gasteiger partial charge in [0.2, 0.25) is 22.4 Å². The lowest BCUT2D eigenvalue weighted by Gasteiger charge is -2.25. The van der Waals surface area contributed by atoms with Gasteiger partial charge in [0.05, 0.1) is 32.8 Å². The number of ether oxygens (including phenoxy) is 5. The van der Waals surface area contributed by atoms with Gasteiger partial charge in [-0.25, -0.2) is 8.42 Å². The summed E-state index contributed by atoms with van der Waals surface area (Å²) >= 11 is 12.7. The highest BCUT2D eigenvalue weighted by Gasteiger charge is 2.29. The summed E-state index contributed by atoms with van der Waals surface area (Å²) in [5.74, 6) is -0.316. The fraction of sp³-hybridized carbons (Fsp3) is 0.379. The molecule has 0 radical (unpaired) electrons. The van der Waals surface area contributed by atoms with Crippen molar-refractivity contribution in [2.45, 2.75) is 32.0 Å². The molecule has 1 N–H and O–H groups in total. The maximum atomic E-state index is 13.4. The average molecular weight is 693 g/mol. The Kier molecular flexibility index (Phi) is 11.0. The largest absolute Gasteiger partial charge is 0.493 e. The highest BCUT2D eigenvalue weighted by atomic mass is 35.5. The maximum absolute atomic E-state index is 13.4. The molecule has 1 fully saturated rings. The number of esters is 1. The minimum absolute atomic E-state index is 0.00212. The molecule has 45 heavy (non-hydrogen) atoms. The molecule has 0 aliphatic heterocycles. The Morgan fingerprint density at radius 1 is 1.02 bits per heavy atom. The fourth-order valence-corrected chi connectivity index (χ4v) is 5.81. The van der Waals surface area contributed by atoms with Gasteiger partial charge in [-0.3, -0.25) is 14.3 Å². The molecule has 1 aromatic heterocycles. The molecule has 11 nitrogen and oxygen atoms in total. The van der Waals surface area contributed by atoms with Gasteiger partial charge in [-0.15, -0.1) is 0 Å². The summed E-state index contributed by atoms with van der Waals surface area (Å²) in [5.41, 5.74) is 0.685. The lowest BCUT2D eigenvalue weighted by Crippen LogP contribution is -2.36. The number of sulfonamides is 1. The molecule has 2 aromatic carbocycles. The van der Waals surface area contributed by atoms with Crippen molar-refractivity contribution in [2.75, 3.05) is 37.9 Å². The zero-order chi connectivity index (χ0) is 32.9. The number of alkyl halides is 2. The van der Waals surface area contributed by atoms with E-state index in [1.165, 1.54) is 63.0 Å². The average Bonchev–Trinajstić information content (AvgIpc) is 3.80. The number of benzene rings is 2. The Morgan fingerprint density at radius 2 is 1.67 bits per heavy atom. The summed E-state index contributed by atoms with van der Waals surface area (Å²) in [4.78, 5) is 13.4. The molecule has 0 saturated heterocycles. The van der Waals surface area contributed by atoms with Crippen LogP contribution in [-0.4, -0.2) is 59.8 Å².